The molecule has 0 aromatic heterocycles. The molecule has 1 saturated heterocycles. The molecule has 2 rings (SSSR count). The van der Waals surface area contributed by atoms with Crippen LogP contribution < -0.4 is 5.32 Å². The summed E-state index contributed by atoms with van der Waals surface area (Å²) >= 11 is 0. The molecule has 2 amide bonds. The average Bonchev–Trinajstić information content (AvgIpc) is 2.88. The van der Waals surface area contributed by atoms with Crippen LogP contribution in [0.5, 0.6) is 0 Å². The molecule has 2 N–H and O–H groups in total. The Kier molecular flexibility index (Phi) is 6.28. The van der Waals surface area contributed by atoms with E-state index in [1.165, 1.54) is 4.90 Å². The highest BCUT2D eigenvalue weighted by Gasteiger charge is 2.34. The highest BCUT2D eigenvalue weighted by atomic mass is 19.1. The van der Waals surface area contributed by atoms with Crippen molar-refractivity contribution in [1.29, 1.82) is 0 Å². The zero-order chi connectivity index (χ0) is 19.4. The number of likely N-dealkylation sites (tertiary alicyclic amines) is 1. The standard InChI is InChI=1S/C18H22F2N2O4/c1-10(2)17(18(25)26)21-15(23)8-13-4-6-16(24)22(13)9-11-7-12(19)3-5-14(11)20/h3,5,7,10,13,17H,4,6,8-9H2,1-2H3,(H,21,23)(H,25,26)/t13-,17-/m0/s1. The molecule has 0 radical (unpaired) electrons. The summed E-state index contributed by atoms with van der Waals surface area (Å²) in [7, 11) is 0. The Labute approximate surface area is 150 Å². The average molecular weight is 368 g/mol. The molecular formula is C18H22F2N2O4. The van der Waals surface area contributed by atoms with Crippen LogP contribution in [0.25, 0.3) is 0 Å². The van der Waals surface area contributed by atoms with Gasteiger partial charge in [0.1, 0.15) is 17.7 Å². The molecule has 0 unspecified atom stereocenters. The Hall–Kier alpha value is -2.51. The van der Waals surface area contributed by atoms with E-state index < -0.39 is 35.6 Å². The predicted molar refractivity (Wildman–Crippen MR) is 89.0 cm³/mol. The van der Waals surface area contributed by atoms with E-state index in [1.807, 2.05) is 0 Å². The van der Waals surface area contributed by atoms with Crippen LogP contribution in [0.1, 0.15) is 38.7 Å². The lowest BCUT2D eigenvalue weighted by Crippen LogP contribution is -2.46. The molecule has 8 heteroatoms. The summed E-state index contributed by atoms with van der Waals surface area (Å²) in [6.07, 6.45) is 0.531. The third-order valence-electron chi connectivity index (χ3n) is 4.47. The van der Waals surface area contributed by atoms with Crippen LogP contribution in [0.4, 0.5) is 8.78 Å². The number of nitrogens with zero attached hydrogens (tertiary/aromatic N) is 1. The molecule has 0 aliphatic carbocycles. The van der Waals surface area contributed by atoms with Crippen molar-refractivity contribution in [3.05, 3.63) is 35.4 Å². The predicted octanol–water partition coefficient (Wildman–Crippen LogP) is 2.07. The largest absolute Gasteiger partial charge is 0.480 e. The fourth-order valence-corrected chi connectivity index (χ4v) is 3.03. The zero-order valence-electron chi connectivity index (χ0n) is 14.7. The summed E-state index contributed by atoms with van der Waals surface area (Å²) in [5.41, 5.74) is 0.0382. The number of rotatable bonds is 7. The van der Waals surface area contributed by atoms with Crippen LogP contribution >= 0.6 is 0 Å². The maximum absolute atomic E-state index is 13.8. The van der Waals surface area contributed by atoms with Gasteiger partial charge in [-0.3, -0.25) is 9.59 Å². The molecule has 1 aliphatic heterocycles. The van der Waals surface area contributed by atoms with Crippen molar-refractivity contribution in [2.45, 2.75) is 51.7 Å². The van der Waals surface area contributed by atoms with E-state index in [4.69, 9.17) is 5.11 Å². The number of amides is 2. The first-order chi connectivity index (χ1) is 12.2. The molecule has 1 aliphatic rings. The number of carbonyl (C=O) groups is 3. The van der Waals surface area contributed by atoms with E-state index in [1.54, 1.807) is 13.8 Å². The van der Waals surface area contributed by atoms with Crippen LogP contribution in [-0.4, -0.2) is 39.9 Å². The molecule has 26 heavy (non-hydrogen) atoms. The summed E-state index contributed by atoms with van der Waals surface area (Å²) in [4.78, 5) is 36.8. The normalized spacial score (nSPS) is 18.3. The Morgan fingerprint density at radius 2 is 2.04 bits per heavy atom. The highest BCUT2D eigenvalue weighted by Crippen LogP contribution is 2.25. The van der Waals surface area contributed by atoms with Crippen molar-refractivity contribution in [1.82, 2.24) is 10.2 Å². The monoisotopic (exact) mass is 368 g/mol. The number of carboxylic acids is 1. The first-order valence-corrected chi connectivity index (χ1v) is 8.44. The molecule has 2 atom stereocenters. The minimum atomic E-state index is -1.13. The summed E-state index contributed by atoms with van der Waals surface area (Å²) in [6.45, 7) is 3.22. The minimum Gasteiger partial charge on any atom is -0.480 e. The molecule has 1 heterocycles. The molecule has 6 nitrogen and oxygen atoms in total. The van der Waals surface area contributed by atoms with Gasteiger partial charge in [-0.25, -0.2) is 13.6 Å². The zero-order valence-corrected chi connectivity index (χ0v) is 14.7. The Morgan fingerprint density at radius 1 is 1.35 bits per heavy atom. The molecule has 142 valence electrons. The van der Waals surface area contributed by atoms with E-state index in [2.05, 4.69) is 5.32 Å². The second-order valence-corrected chi connectivity index (χ2v) is 6.78. The molecular weight excluding hydrogens is 346 g/mol. The number of aliphatic carboxylic acids is 1. The quantitative estimate of drug-likeness (QED) is 0.771. The molecule has 0 bridgehead atoms. The molecule has 1 aromatic rings. The summed E-state index contributed by atoms with van der Waals surface area (Å²) in [6, 6.07) is 1.51. The summed E-state index contributed by atoms with van der Waals surface area (Å²) in [5.74, 6) is -3.39. The van der Waals surface area contributed by atoms with Gasteiger partial charge < -0.3 is 15.3 Å². The lowest BCUT2D eigenvalue weighted by Gasteiger charge is -2.26. The van der Waals surface area contributed by atoms with E-state index in [-0.39, 0.29) is 36.8 Å². The van der Waals surface area contributed by atoms with E-state index in [9.17, 15) is 23.2 Å². The van der Waals surface area contributed by atoms with E-state index >= 15 is 0 Å². The van der Waals surface area contributed by atoms with E-state index in [0.29, 0.717) is 6.42 Å². The summed E-state index contributed by atoms with van der Waals surface area (Å²) in [5, 5.41) is 11.6. The summed E-state index contributed by atoms with van der Waals surface area (Å²) < 4.78 is 27.2. The Bertz CT molecular complexity index is 708. The highest BCUT2D eigenvalue weighted by molar-refractivity contribution is 5.85. The smallest absolute Gasteiger partial charge is 0.326 e. The Balaban J connectivity index is 2.06. The first-order valence-electron chi connectivity index (χ1n) is 8.44. The van der Waals surface area contributed by atoms with Gasteiger partial charge in [0.25, 0.3) is 0 Å². The number of halogens is 2. The number of nitrogens with one attached hydrogen (secondary N) is 1. The van der Waals surface area contributed by atoms with Gasteiger partial charge >= 0.3 is 5.97 Å². The van der Waals surface area contributed by atoms with Crippen molar-refractivity contribution in [2.24, 2.45) is 5.92 Å². The maximum atomic E-state index is 13.8. The van der Waals surface area contributed by atoms with Crippen molar-refractivity contribution < 1.29 is 28.3 Å². The Morgan fingerprint density at radius 3 is 2.65 bits per heavy atom. The molecule has 1 aromatic carbocycles. The molecule has 0 spiro atoms. The number of carbonyl (C=O) groups excluding carboxylic acids is 2. The number of hydrogen-bond donors (Lipinski definition) is 2. The van der Waals surface area contributed by atoms with Gasteiger partial charge in [0.05, 0.1) is 0 Å². The van der Waals surface area contributed by atoms with Crippen LogP contribution in [0.3, 0.4) is 0 Å². The van der Waals surface area contributed by atoms with Crippen LogP contribution in [-0.2, 0) is 20.9 Å². The maximum Gasteiger partial charge on any atom is 0.326 e. The number of benzene rings is 1. The minimum absolute atomic E-state index is 0.0382. The van der Waals surface area contributed by atoms with Gasteiger partial charge in [-0.2, -0.15) is 0 Å². The second kappa shape index (κ2) is 8.25. The topological polar surface area (TPSA) is 86.7 Å². The van der Waals surface area contributed by atoms with Crippen LogP contribution in [0.2, 0.25) is 0 Å². The van der Waals surface area contributed by atoms with Crippen molar-refractivity contribution in [3.8, 4) is 0 Å². The number of carboxylic acid groups (broad SMARTS) is 1. The lowest BCUT2D eigenvalue weighted by molar-refractivity contribution is -0.143. The fourth-order valence-electron chi connectivity index (χ4n) is 3.03. The fraction of sp³-hybridized carbons (Fsp3) is 0.500. The first kappa shape index (κ1) is 19.8. The molecule has 0 saturated carbocycles. The van der Waals surface area contributed by atoms with Gasteiger partial charge in [-0.15, -0.1) is 0 Å². The SMILES string of the molecule is CC(C)[C@H](NC(=O)C[C@@H]1CCC(=O)N1Cc1cc(F)ccc1F)C(=O)O. The second-order valence-electron chi connectivity index (χ2n) is 6.78. The molecule has 1 fully saturated rings. The van der Waals surface area contributed by atoms with E-state index in [0.717, 1.165) is 18.2 Å². The van der Waals surface area contributed by atoms with Crippen molar-refractivity contribution >= 4 is 17.8 Å². The third kappa shape index (κ3) is 4.77. The van der Waals surface area contributed by atoms with Crippen molar-refractivity contribution in [2.75, 3.05) is 0 Å². The van der Waals surface area contributed by atoms with Gasteiger partial charge in [-0.05, 0) is 30.5 Å². The van der Waals surface area contributed by atoms with Crippen LogP contribution in [0.15, 0.2) is 18.2 Å². The van der Waals surface area contributed by atoms with Gasteiger partial charge in [0.2, 0.25) is 11.8 Å². The van der Waals surface area contributed by atoms with Gasteiger partial charge in [0.15, 0.2) is 0 Å². The van der Waals surface area contributed by atoms with Crippen molar-refractivity contribution in [3.63, 3.8) is 0 Å². The number of hydrogen-bond acceptors (Lipinski definition) is 3. The third-order valence-corrected chi connectivity index (χ3v) is 4.47. The van der Waals surface area contributed by atoms with Gasteiger partial charge in [0, 0.05) is 31.0 Å². The van der Waals surface area contributed by atoms with Gasteiger partial charge in [-0.1, -0.05) is 13.8 Å². The van der Waals surface area contributed by atoms with Crippen LogP contribution in [0, 0.1) is 17.6 Å². The lowest BCUT2D eigenvalue weighted by atomic mass is 10.0.